The van der Waals surface area contributed by atoms with E-state index in [2.05, 4.69) is 20.5 Å². The average molecular weight is 340 g/mol. The number of nitrogens with zero attached hydrogens (tertiary/aromatic N) is 2. The minimum Gasteiger partial charge on any atom is -0.465 e. The largest absolute Gasteiger partial charge is 0.465 e. The third-order valence-electron chi connectivity index (χ3n) is 3.80. The summed E-state index contributed by atoms with van der Waals surface area (Å²) in [7, 11) is 0. The molecule has 25 heavy (non-hydrogen) atoms. The lowest BCUT2D eigenvalue weighted by molar-refractivity contribution is 0.188. The van der Waals surface area contributed by atoms with Gasteiger partial charge in [0.15, 0.2) is 5.82 Å². The number of carboxylic acid groups (broad SMARTS) is 1. The molecule has 0 fully saturated rings. The highest BCUT2D eigenvalue weighted by Crippen LogP contribution is 2.20. The van der Waals surface area contributed by atoms with E-state index in [9.17, 15) is 9.18 Å². The molecule has 0 saturated heterocycles. The summed E-state index contributed by atoms with van der Waals surface area (Å²) in [6, 6.07) is 15.1. The normalized spacial score (nSPS) is 11.9. The molecule has 0 radical (unpaired) electrons. The smallest absolute Gasteiger partial charge is 0.405 e. The molecule has 128 valence electrons. The van der Waals surface area contributed by atoms with Crippen LogP contribution in [0.15, 0.2) is 54.6 Å². The summed E-state index contributed by atoms with van der Waals surface area (Å²) >= 11 is 0. The van der Waals surface area contributed by atoms with Crippen LogP contribution in [-0.2, 0) is 6.42 Å². The van der Waals surface area contributed by atoms with Gasteiger partial charge in [-0.25, -0.2) is 14.2 Å². The van der Waals surface area contributed by atoms with Crippen LogP contribution in [0.1, 0.15) is 23.9 Å². The van der Waals surface area contributed by atoms with E-state index < -0.39 is 12.1 Å². The van der Waals surface area contributed by atoms with Crippen molar-refractivity contribution in [3.05, 3.63) is 71.8 Å². The van der Waals surface area contributed by atoms with Crippen LogP contribution in [0.3, 0.4) is 0 Å². The third-order valence-corrected chi connectivity index (χ3v) is 3.80. The lowest BCUT2D eigenvalue weighted by Crippen LogP contribution is -2.28. The predicted molar refractivity (Wildman–Crippen MR) is 90.4 cm³/mol. The molecule has 1 heterocycles. The quantitative estimate of drug-likeness (QED) is 0.640. The summed E-state index contributed by atoms with van der Waals surface area (Å²) in [5, 5.41) is 18.4. The number of hydrogen-bond donors (Lipinski definition) is 3. The van der Waals surface area contributed by atoms with Crippen molar-refractivity contribution in [2.75, 3.05) is 0 Å². The van der Waals surface area contributed by atoms with E-state index in [1.807, 2.05) is 30.3 Å². The first-order chi connectivity index (χ1) is 12.1. The highest BCUT2D eigenvalue weighted by Gasteiger charge is 2.19. The van der Waals surface area contributed by atoms with Gasteiger partial charge >= 0.3 is 6.09 Å². The van der Waals surface area contributed by atoms with E-state index in [0.717, 1.165) is 5.56 Å². The summed E-state index contributed by atoms with van der Waals surface area (Å²) in [5.41, 5.74) is 1.76. The number of aromatic nitrogens is 3. The Morgan fingerprint density at radius 1 is 1.16 bits per heavy atom. The fourth-order valence-electron chi connectivity index (χ4n) is 2.54. The van der Waals surface area contributed by atoms with Crippen molar-refractivity contribution in [2.45, 2.75) is 18.9 Å². The molecule has 6 nitrogen and oxygen atoms in total. The van der Waals surface area contributed by atoms with Gasteiger partial charge in [0.1, 0.15) is 11.6 Å². The van der Waals surface area contributed by atoms with E-state index in [1.165, 1.54) is 12.1 Å². The molecular weight excluding hydrogens is 323 g/mol. The van der Waals surface area contributed by atoms with E-state index in [-0.39, 0.29) is 5.82 Å². The standard InChI is InChI=1S/C18H17FN4O2/c19-14-9-7-13(8-10-14)16-21-17(23-22-16)15(20-18(24)25)11-6-12-4-2-1-3-5-12/h1-5,7-10,15,20H,6,11H2,(H,24,25)(H,21,22,23). The van der Waals surface area contributed by atoms with Crippen LogP contribution in [0.2, 0.25) is 0 Å². The van der Waals surface area contributed by atoms with Crippen molar-refractivity contribution in [1.29, 1.82) is 0 Å². The number of amides is 1. The van der Waals surface area contributed by atoms with Gasteiger partial charge in [-0.3, -0.25) is 5.10 Å². The van der Waals surface area contributed by atoms with E-state index >= 15 is 0 Å². The number of halogens is 1. The molecule has 0 saturated carbocycles. The van der Waals surface area contributed by atoms with Gasteiger partial charge in [-0.05, 0) is 42.7 Å². The van der Waals surface area contributed by atoms with Crippen LogP contribution in [0, 0.1) is 5.82 Å². The van der Waals surface area contributed by atoms with Gasteiger partial charge < -0.3 is 10.4 Å². The molecule has 0 aliphatic rings. The molecule has 0 spiro atoms. The predicted octanol–water partition coefficient (Wildman–Crippen LogP) is 3.55. The maximum atomic E-state index is 13.0. The minimum absolute atomic E-state index is 0.340. The third kappa shape index (κ3) is 4.41. The van der Waals surface area contributed by atoms with E-state index in [4.69, 9.17) is 5.11 Å². The van der Waals surface area contributed by atoms with E-state index in [0.29, 0.717) is 30.1 Å². The molecule has 3 aromatic rings. The van der Waals surface area contributed by atoms with Crippen molar-refractivity contribution in [3.63, 3.8) is 0 Å². The molecule has 1 amide bonds. The number of hydrogen-bond acceptors (Lipinski definition) is 3. The Morgan fingerprint density at radius 2 is 1.88 bits per heavy atom. The van der Waals surface area contributed by atoms with Crippen LogP contribution < -0.4 is 5.32 Å². The van der Waals surface area contributed by atoms with Gasteiger partial charge in [0.05, 0.1) is 6.04 Å². The zero-order chi connectivity index (χ0) is 17.6. The molecular formula is C18H17FN4O2. The van der Waals surface area contributed by atoms with Gasteiger partial charge in [0.25, 0.3) is 0 Å². The first-order valence-electron chi connectivity index (χ1n) is 7.83. The SMILES string of the molecule is O=C(O)NC(CCc1ccccc1)c1nc(-c2ccc(F)cc2)n[nH]1. The number of H-pyrrole nitrogens is 1. The molecule has 3 N–H and O–H groups in total. The van der Waals surface area contributed by atoms with Gasteiger partial charge in [-0.1, -0.05) is 30.3 Å². The van der Waals surface area contributed by atoms with E-state index in [1.54, 1.807) is 12.1 Å². The summed E-state index contributed by atoms with van der Waals surface area (Å²) in [6.07, 6.45) is 0.102. The fourth-order valence-corrected chi connectivity index (χ4v) is 2.54. The van der Waals surface area contributed by atoms with Gasteiger partial charge in [0, 0.05) is 5.56 Å². The van der Waals surface area contributed by atoms with Gasteiger partial charge in [-0.2, -0.15) is 5.10 Å². The second-order valence-corrected chi connectivity index (χ2v) is 5.58. The Balaban J connectivity index is 1.76. The Labute approximate surface area is 143 Å². The van der Waals surface area contributed by atoms with Crippen molar-refractivity contribution in [1.82, 2.24) is 20.5 Å². The van der Waals surface area contributed by atoms with Crippen molar-refractivity contribution >= 4 is 6.09 Å². The van der Waals surface area contributed by atoms with Crippen LogP contribution in [0.25, 0.3) is 11.4 Å². The summed E-state index contributed by atoms with van der Waals surface area (Å²) < 4.78 is 13.0. The van der Waals surface area contributed by atoms with Crippen LogP contribution in [0.4, 0.5) is 9.18 Å². The maximum Gasteiger partial charge on any atom is 0.405 e. The first kappa shape index (κ1) is 16.6. The molecule has 3 rings (SSSR count). The summed E-state index contributed by atoms with van der Waals surface area (Å²) in [4.78, 5) is 15.5. The zero-order valence-electron chi connectivity index (χ0n) is 13.3. The molecule has 7 heteroatoms. The number of rotatable bonds is 6. The summed E-state index contributed by atoms with van der Waals surface area (Å²) in [6.45, 7) is 0. The van der Waals surface area contributed by atoms with Crippen LogP contribution in [-0.4, -0.2) is 26.4 Å². The second-order valence-electron chi connectivity index (χ2n) is 5.58. The number of nitrogens with one attached hydrogen (secondary N) is 2. The molecule has 0 bridgehead atoms. The first-order valence-corrected chi connectivity index (χ1v) is 7.83. The Morgan fingerprint density at radius 3 is 2.56 bits per heavy atom. The van der Waals surface area contributed by atoms with Gasteiger partial charge in [0.2, 0.25) is 0 Å². The molecule has 1 unspecified atom stereocenters. The minimum atomic E-state index is -1.13. The number of aromatic amines is 1. The lowest BCUT2D eigenvalue weighted by atomic mass is 10.0. The Hall–Kier alpha value is -3.22. The van der Waals surface area contributed by atoms with Crippen LogP contribution >= 0.6 is 0 Å². The Bertz CT molecular complexity index is 834. The van der Waals surface area contributed by atoms with Crippen molar-refractivity contribution in [3.8, 4) is 11.4 Å². The molecule has 2 aromatic carbocycles. The fraction of sp³-hybridized carbons (Fsp3) is 0.167. The second kappa shape index (κ2) is 7.57. The molecule has 0 aliphatic heterocycles. The lowest BCUT2D eigenvalue weighted by Gasteiger charge is -2.14. The number of aryl methyl sites for hydroxylation is 1. The number of benzene rings is 2. The number of carbonyl (C=O) groups is 1. The maximum absolute atomic E-state index is 13.0. The summed E-state index contributed by atoms with van der Waals surface area (Å²) in [5.74, 6) is 0.484. The highest BCUT2D eigenvalue weighted by atomic mass is 19.1. The Kier molecular flexibility index (Phi) is 5.03. The molecule has 1 atom stereocenters. The van der Waals surface area contributed by atoms with Crippen LogP contribution in [0.5, 0.6) is 0 Å². The molecule has 1 aromatic heterocycles. The topological polar surface area (TPSA) is 90.9 Å². The molecule has 0 aliphatic carbocycles. The van der Waals surface area contributed by atoms with Gasteiger partial charge in [-0.15, -0.1) is 0 Å². The van der Waals surface area contributed by atoms with Crippen molar-refractivity contribution < 1.29 is 14.3 Å². The average Bonchev–Trinajstić information content (AvgIpc) is 3.10. The zero-order valence-corrected chi connectivity index (χ0v) is 13.3. The van der Waals surface area contributed by atoms with Crippen molar-refractivity contribution in [2.24, 2.45) is 0 Å². The monoisotopic (exact) mass is 340 g/mol. The highest BCUT2D eigenvalue weighted by molar-refractivity contribution is 5.65.